The molecule has 2 aliphatic rings. The maximum absolute atomic E-state index is 5.69. The number of hydrazone groups is 1. The summed E-state index contributed by atoms with van der Waals surface area (Å²) >= 11 is 3.30. The maximum atomic E-state index is 5.69. The zero-order chi connectivity index (χ0) is 10.3. The van der Waals surface area contributed by atoms with Gasteiger partial charge in [0.25, 0.3) is 0 Å². The highest BCUT2D eigenvalue weighted by atomic mass is 32.2. The Bertz CT molecular complexity index is 441. The molecule has 2 N–H and O–H groups in total. The minimum Gasteiger partial charge on any atom is -0.377 e. The second-order valence-corrected chi connectivity index (χ2v) is 5.24. The SMILES string of the molecule is NC1=NN2C(=CS[C@@H]2c2ccccc2)S1. The van der Waals surface area contributed by atoms with Crippen LogP contribution in [0.3, 0.4) is 0 Å². The lowest BCUT2D eigenvalue weighted by Gasteiger charge is -2.18. The van der Waals surface area contributed by atoms with Crippen LogP contribution in [0.25, 0.3) is 0 Å². The van der Waals surface area contributed by atoms with Crippen LogP contribution in [-0.2, 0) is 0 Å². The molecule has 3 rings (SSSR count). The van der Waals surface area contributed by atoms with Crippen LogP contribution >= 0.6 is 23.5 Å². The molecule has 0 saturated heterocycles. The normalized spacial score (nSPS) is 23.7. The topological polar surface area (TPSA) is 41.6 Å². The van der Waals surface area contributed by atoms with Crippen molar-refractivity contribution in [1.29, 1.82) is 0 Å². The third-order valence-electron chi connectivity index (χ3n) is 2.25. The predicted octanol–water partition coefficient (Wildman–Crippen LogP) is 2.51. The van der Waals surface area contributed by atoms with Crippen molar-refractivity contribution < 1.29 is 0 Å². The zero-order valence-corrected chi connectivity index (χ0v) is 9.46. The number of benzene rings is 1. The third-order valence-corrected chi connectivity index (χ3v) is 4.29. The molecule has 5 heteroatoms. The average Bonchev–Trinajstić information content (AvgIpc) is 2.77. The predicted molar refractivity (Wildman–Crippen MR) is 65.9 cm³/mol. The van der Waals surface area contributed by atoms with E-state index in [0.717, 1.165) is 5.03 Å². The number of hydrogen-bond donors (Lipinski definition) is 1. The van der Waals surface area contributed by atoms with Crippen molar-refractivity contribution in [1.82, 2.24) is 5.01 Å². The summed E-state index contributed by atoms with van der Waals surface area (Å²) < 4.78 is 0. The molecular formula is C10H9N3S2. The van der Waals surface area contributed by atoms with E-state index in [1.165, 1.54) is 17.3 Å². The molecule has 0 saturated carbocycles. The summed E-state index contributed by atoms with van der Waals surface area (Å²) in [5, 5.41) is 10.4. The van der Waals surface area contributed by atoms with Crippen LogP contribution in [0.1, 0.15) is 10.9 Å². The summed E-state index contributed by atoms with van der Waals surface area (Å²) in [7, 11) is 0. The fourth-order valence-electron chi connectivity index (χ4n) is 1.59. The molecule has 0 amide bonds. The molecule has 0 spiro atoms. The van der Waals surface area contributed by atoms with E-state index in [2.05, 4.69) is 22.6 Å². The van der Waals surface area contributed by atoms with E-state index in [9.17, 15) is 0 Å². The highest BCUT2D eigenvalue weighted by molar-refractivity contribution is 8.18. The molecule has 0 aromatic heterocycles. The van der Waals surface area contributed by atoms with Crippen LogP contribution in [0, 0.1) is 0 Å². The van der Waals surface area contributed by atoms with Gasteiger partial charge in [0.05, 0.1) is 0 Å². The standard InChI is InChI=1S/C10H9N3S2/c11-10-12-13-8(15-10)6-14-9(13)7-4-2-1-3-5-7/h1-6,9H,(H2,11,12)/t9-/m1/s1. The Morgan fingerprint density at radius 1 is 1.27 bits per heavy atom. The number of nitrogens with two attached hydrogens (primary N) is 1. The molecule has 0 radical (unpaired) electrons. The van der Waals surface area contributed by atoms with E-state index in [1.807, 2.05) is 23.2 Å². The van der Waals surface area contributed by atoms with Gasteiger partial charge in [0.1, 0.15) is 10.4 Å². The second kappa shape index (κ2) is 3.50. The molecule has 0 unspecified atom stereocenters. The Labute approximate surface area is 96.4 Å². The van der Waals surface area contributed by atoms with E-state index < -0.39 is 0 Å². The summed E-state index contributed by atoms with van der Waals surface area (Å²) in [4.78, 5) is 0. The van der Waals surface area contributed by atoms with Crippen molar-refractivity contribution in [2.45, 2.75) is 5.37 Å². The van der Waals surface area contributed by atoms with Gasteiger partial charge < -0.3 is 5.73 Å². The average molecular weight is 235 g/mol. The van der Waals surface area contributed by atoms with E-state index in [4.69, 9.17) is 5.73 Å². The van der Waals surface area contributed by atoms with Gasteiger partial charge in [-0.15, -0.1) is 5.10 Å². The molecule has 0 bridgehead atoms. The van der Waals surface area contributed by atoms with E-state index in [0.29, 0.717) is 5.17 Å². The van der Waals surface area contributed by atoms with Gasteiger partial charge in [0.2, 0.25) is 0 Å². The molecule has 2 aliphatic heterocycles. The fourth-order valence-corrected chi connectivity index (χ4v) is 3.55. The molecule has 3 nitrogen and oxygen atoms in total. The maximum Gasteiger partial charge on any atom is 0.184 e. The van der Waals surface area contributed by atoms with Crippen molar-refractivity contribution in [3.8, 4) is 0 Å². The summed E-state index contributed by atoms with van der Waals surface area (Å²) in [6, 6.07) is 10.3. The van der Waals surface area contributed by atoms with Gasteiger partial charge in [-0.2, -0.15) is 0 Å². The number of nitrogens with zero attached hydrogens (tertiary/aromatic N) is 2. The number of amidine groups is 1. The van der Waals surface area contributed by atoms with E-state index in [-0.39, 0.29) is 5.37 Å². The smallest absolute Gasteiger partial charge is 0.184 e. The van der Waals surface area contributed by atoms with E-state index >= 15 is 0 Å². The van der Waals surface area contributed by atoms with Gasteiger partial charge >= 0.3 is 0 Å². The van der Waals surface area contributed by atoms with Crippen LogP contribution in [0.4, 0.5) is 0 Å². The van der Waals surface area contributed by atoms with Crippen LogP contribution in [0.15, 0.2) is 45.9 Å². The molecule has 76 valence electrons. The summed E-state index contributed by atoms with van der Waals surface area (Å²) in [6.45, 7) is 0. The monoisotopic (exact) mass is 235 g/mol. The van der Waals surface area contributed by atoms with Crippen LogP contribution < -0.4 is 5.73 Å². The molecule has 0 aliphatic carbocycles. The van der Waals surface area contributed by atoms with Gasteiger partial charge in [0.15, 0.2) is 5.17 Å². The number of hydrogen-bond acceptors (Lipinski definition) is 5. The first-order valence-corrected chi connectivity index (χ1v) is 6.32. The minimum atomic E-state index is 0.245. The Morgan fingerprint density at radius 3 is 2.87 bits per heavy atom. The van der Waals surface area contributed by atoms with Crippen molar-refractivity contribution in [2.75, 3.05) is 0 Å². The fraction of sp³-hybridized carbons (Fsp3) is 0.100. The van der Waals surface area contributed by atoms with Crippen molar-refractivity contribution in [3.05, 3.63) is 46.3 Å². The van der Waals surface area contributed by atoms with Gasteiger partial charge in [-0.1, -0.05) is 42.1 Å². The molecule has 1 aromatic rings. The lowest BCUT2D eigenvalue weighted by Crippen LogP contribution is -2.12. The Morgan fingerprint density at radius 2 is 2.07 bits per heavy atom. The molecular weight excluding hydrogens is 226 g/mol. The van der Waals surface area contributed by atoms with Crippen molar-refractivity contribution >= 4 is 28.7 Å². The summed E-state index contributed by atoms with van der Waals surface area (Å²) in [5.74, 6) is 0. The van der Waals surface area contributed by atoms with Crippen molar-refractivity contribution in [3.63, 3.8) is 0 Å². The van der Waals surface area contributed by atoms with Crippen LogP contribution in [0.2, 0.25) is 0 Å². The first-order valence-electron chi connectivity index (χ1n) is 4.56. The Kier molecular flexibility index (Phi) is 2.14. The first-order chi connectivity index (χ1) is 7.34. The van der Waals surface area contributed by atoms with Crippen molar-refractivity contribution in [2.24, 2.45) is 10.8 Å². The van der Waals surface area contributed by atoms with Gasteiger partial charge in [-0.3, -0.25) is 0 Å². The Balaban J connectivity index is 1.92. The zero-order valence-electron chi connectivity index (χ0n) is 7.83. The number of thioether (sulfide) groups is 2. The number of fused-ring (bicyclic) bond motifs is 1. The first kappa shape index (κ1) is 9.18. The highest BCUT2D eigenvalue weighted by Crippen LogP contribution is 2.49. The van der Waals surface area contributed by atoms with E-state index in [1.54, 1.807) is 11.8 Å². The van der Waals surface area contributed by atoms with Gasteiger partial charge in [-0.25, -0.2) is 5.01 Å². The lowest BCUT2D eigenvalue weighted by molar-refractivity contribution is 0.387. The molecule has 15 heavy (non-hydrogen) atoms. The molecule has 1 atom stereocenters. The van der Waals surface area contributed by atoms with Gasteiger partial charge in [0, 0.05) is 5.41 Å². The highest BCUT2D eigenvalue weighted by Gasteiger charge is 2.33. The minimum absolute atomic E-state index is 0.245. The second-order valence-electron chi connectivity index (χ2n) is 3.24. The van der Waals surface area contributed by atoms with Gasteiger partial charge in [-0.05, 0) is 17.3 Å². The van der Waals surface area contributed by atoms with Crippen LogP contribution in [-0.4, -0.2) is 10.2 Å². The third kappa shape index (κ3) is 1.52. The van der Waals surface area contributed by atoms with Crippen LogP contribution in [0.5, 0.6) is 0 Å². The lowest BCUT2D eigenvalue weighted by atomic mass is 10.2. The Hall–Kier alpha value is -1.07. The summed E-state index contributed by atoms with van der Waals surface area (Å²) in [5.41, 5.74) is 6.94. The largest absolute Gasteiger partial charge is 0.377 e. The molecule has 1 aromatic carbocycles. The molecule has 0 fully saturated rings. The summed E-state index contributed by atoms with van der Waals surface area (Å²) in [6.07, 6.45) is 0. The number of rotatable bonds is 1. The quantitative estimate of drug-likeness (QED) is 0.812. The molecule has 2 heterocycles.